The van der Waals surface area contributed by atoms with Crippen LogP contribution in [-0.4, -0.2) is 24.7 Å². The number of hydrogen-bond acceptors (Lipinski definition) is 4. The molecule has 0 saturated heterocycles. The Balaban J connectivity index is 2.20. The Morgan fingerprint density at radius 3 is 2.59 bits per heavy atom. The fourth-order valence-corrected chi connectivity index (χ4v) is 2.07. The summed E-state index contributed by atoms with van der Waals surface area (Å²) in [6.07, 6.45) is 0. The molecule has 1 heterocycles. The van der Waals surface area contributed by atoms with E-state index in [2.05, 4.69) is 5.32 Å². The van der Waals surface area contributed by atoms with Crippen molar-refractivity contribution in [3.05, 3.63) is 52.4 Å². The quantitative estimate of drug-likeness (QED) is 0.914. The van der Waals surface area contributed by atoms with Gasteiger partial charge in [-0.2, -0.15) is 0 Å². The third kappa shape index (κ3) is 3.46. The van der Waals surface area contributed by atoms with Gasteiger partial charge >= 0.3 is 0 Å². The number of amides is 1. The SMILES string of the molecule is COc1ccc(OC)c(NC(=O)Cn2c(C)cccc2=O)c1. The van der Waals surface area contributed by atoms with Crippen LogP contribution in [0.25, 0.3) is 0 Å². The van der Waals surface area contributed by atoms with Crippen LogP contribution in [0.4, 0.5) is 5.69 Å². The van der Waals surface area contributed by atoms with E-state index in [1.807, 2.05) is 0 Å². The van der Waals surface area contributed by atoms with Crippen LogP contribution in [0, 0.1) is 6.92 Å². The number of benzene rings is 1. The number of hydrogen-bond donors (Lipinski definition) is 1. The molecule has 0 aliphatic carbocycles. The van der Waals surface area contributed by atoms with Crippen LogP contribution >= 0.6 is 0 Å². The highest BCUT2D eigenvalue weighted by atomic mass is 16.5. The maximum Gasteiger partial charge on any atom is 0.251 e. The fourth-order valence-electron chi connectivity index (χ4n) is 2.07. The molecule has 0 radical (unpaired) electrons. The topological polar surface area (TPSA) is 69.6 Å². The number of pyridine rings is 1. The molecule has 0 fully saturated rings. The standard InChI is InChI=1S/C16H18N2O4/c1-11-5-4-6-16(20)18(11)10-15(19)17-13-9-12(21-2)7-8-14(13)22-3/h4-9H,10H2,1-3H3,(H,17,19). The molecular formula is C16H18N2O4. The van der Waals surface area contributed by atoms with Crippen molar-refractivity contribution in [2.24, 2.45) is 0 Å². The molecule has 2 aromatic rings. The number of rotatable bonds is 5. The Bertz CT molecular complexity index is 737. The second-order valence-electron chi connectivity index (χ2n) is 4.71. The molecule has 0 bridgehead atoms. The first-order valence-corrected chi connectivity index (χ1v) is 6.73. The third-order valence-electron chi connectivity index (χ3n) is 3.25. The van der Waals surface area contributed by atoms with Crippen molar-refractivity contribution >= 4 is 11.6 Å². The van der Waals surface area contributed by atoms with E-state index in [1.54, 1.807) is 44.4 Å². The van der Waals surface area contributed by atoms with Crippen LogP contribution < -0.4 is 20.3 Å². The van der Waals surface area contributed by atoms with E-state index in [1.165, 1.54) is 17.7 Å². The van der Waals surface area contributed by atoms with Gasteiger partial charge in [-0.25, -0.2) is 0 Å². The second-order valence-corrected chi connectivity index (χ2v) is 4.71. The summed E-state index contributed by atoms with van der Waals surface area (Å²) in [7, 11) is 3.06. The van der Waals surface area contributed by atoms with E-state index in [0.717, 1.165) is 5.69 Å². The Kier molecular flexibility index (Phi) is 4.83. The molecule has 0 saturated carbocycles. The van der Waals surface area contributed by atoms with Crippen molar-refractivity contribution in [1.29, 1.82) is 0 Å². The van der Waals surface area contributed by atoms with Gasteiger partial charge in [0.05, 0.1) is 19.9 Å². The number of methoxy groups -OCH3 is 2. The van der Waals surface area contributed by atoms with Crippen LogP contribution in [-0.2, 0) is 11.3 Å². The minimum absolute atomic E-state index is 0.0636. The molecule has 1 N–H and O–H groups in total. The summed E-state index contributed by atoms with van der Waals surface area (Å²) in [5.41, 5.74) is 1.00. The maximum atomic E-state index is 12.2. The van der Waals surface area contributed by atoms with Crippen molar-refractivity contribution in [1.82, 2.24) is 4.57 Å². The summed E-state index contributed by atoms with van der Waals surface area (Å²) in [4.78, 5) is 24.0. The predicted octanol–water partition coefficient (Wildman–Crippen LogP) is 1.81. The number of aromatic nitrogens is 1. The van der Waals surface area contributed by atoms with Crippen molar-refractivity contribution < 1.29 is 14.3 Å². The number of aryl methyl sites for hydroxylation is 1. The zero-order chi connectivity index (χ0) is 16.1. The molecule has 0 aliphatic heterocycles. The molecule has 1 aromatic heterocycles. The van der Waals surface area contributed by atoms with Gasteiger partial charge in [0.25, 0.3) is 5.56 Å². The van der Waals surface area contributed by atoms with E-state index < -0.39 is 0 Å². The predicted molar refractivity (Wildman–Crippen MR) is 83.6 cm³/mol. The number of nitrogens with one attached hydrogen (secondary N) is 1. The number of nitrogens with zero attached hydrogens (tertiary/aromatic N) is 1. The first-order valence-electron chi connectivity index (χ1n) is 6.73. The number of carbonyl (C=O) groups excluding carboxylic acids is 1. The summed E-state index contributed by atoms with van der Waals surface area (Å²) in [5, 5.41) is 2.74. The zero-order valence-electron chi connectivity index (χ0n) is 12.8. The maximum absolute atomic E-state index is 12.2. The Morgan fingerprint density at radius 2 is 1.95 bits per heavy atom. The first kappa shape index (κ1) is 15.6. The van der Waals surface area contributed by atoms with Crippen molar-refractivity contribution in [2.75, 3.05) is 19.5 Å². The minimum Gasteiger partial charge on any atom is -0.497 e. The first-order chi connectivity index (χ1) is 10.5. The van der Waals surface area contributed by atoms with Gasteiger partial charge in [-0.3, -0.25) is 9.59 Å². The number of carbonyl (C=O) groups is 1. The third-order valence-corrected chi connectivity index (χ3v) is 3.25. The molecule has 0 spiro atoms. The molecule has 2 rings (SSSR count). The van der Waals surface area contributed by atoms with Gasteiger partial charge in [0.1, 0.15) is 18.0 Å². The number of ether oxygens (including phenoxy) is 2. The average molecular weight is 302 g/mol. The summed E-state index contributed by atoms with van der Waals surface area (Å²) < 4.78 is 11.7. The van der Waals surface area contributed by atoms with Gasteiger partial charge in [0.2, 0.25) is 5.91 Å². The molecule has 0 atom stereocenters. The Hall–Kier alpha value is -2.76. The fraction of sp³-hybridized carbons (Fsp3) is 0.250. The summed E-state index contributed by atoms with van der Waals surface area (Å²) in [6.45, 7) is 1.71. The highest BCUT2D eigenvalue weighted by Gasteiger charge is 2.11. The summed E-state index contributed by atoms with van der Waals surface area (Å²) >= 11 is 0. The smallest absolute Gasteiger partial charge is 0.251 e. The highest BCUT2D eigenvalue weighted by molar-refractivity contribution is 5.92. The number of anilines is 1. The Labute approximate surface area is 128 Å². The molecule has 0 unspecified atom stereocenters. The average Bonchev–Trinajstić information content (AvgIpc) is 2.51. The highest BCUT2D eigenvalue weighted by Crippen LogP contribution is 2.28. The van der Waals surface area contributed by atoms with Gasteiger partial charge < -0.3 is 19.4 Å². The minimum atomic E-state index is -0.317. The lowest BCUT2D eigenvalue weighted by atomic mass is 10.2. The van der Waals surface area contributed by atoms with E-state index >= 15 is 0 Å². The van der Waals surface area contributed by atoms with Crippen molar-refractivity contribution in [3.8, 4) is 11.5 Å². The molecule has 1 amide bonds. The van der Waals surface area contributed by atoms with E-state index in [4.69, 9.17) is 9.47 Å². The normalized spacial score (nSPS) is 10.1. The van der Waals surface area contributed by atoms with Crippen LogP contribution in [0.2, 0.25) is 0 Å². The molecule has 22 heavy (non-hydrogen) atoms. The molecule has 0 aliphatic rings. The lowest BCUT2D eigenvalue weighted by Crippen LogP contribution is -2.28. The molecule has 116 valence electrons. The van der Waals surface area contributed by atoms with Gasteiger partial charge in [-0.1, -0.05) is 6.07 Å². The van der Waals surface area contributed by atoms with Crippen LogP contribution in [0.15, 0.2) is 41.2 Å². The summed E-state index contributed by atoms with van der Waals surface area (Å²) in [6, 6.07) is 9.97. The van der Waals surface area contributed by atoms with Crippen molar-refractivity contribution in [3.63, 3.8) is 0 Å². The zero-order valence-corrected chi connectivity index (χ0v) is 12.8. The second kappa shape index (κ2) is 6.80. The lowest BCUT2D eigenvalue weighted by molar-refractivity contribution is -0.116. The van der Waals surface area contributed by atoms with Gasteiger partial charge in [0.15, 0.2) is 0 Å². The van der Waals surface area contributed by atoms with E-state index in [-0.39, 0.29) is 18.0 Å². The summed E-state index contributed by atoms with van der Waals surface area (Å²) in [5.74, 6) is 0.804. The van der Waals surface area contributed by atoms with Gasteiger partial charge in [-0.15, -0.1) is 0 Å². The van der Waals surface area contributed by atoms with Crippen LogP contribution in [0.1, 0.15) is 5.69 Å². The van der Waals surface area contributed by atoms with Gasteiger partial charge in [0, 0.05) is 17.8 Å². The molecular weight excluding hydrogens is 284 g/mol. The molecule has 1 aromatic carbocycles. The molecule has 6 heteroatoms. The molecule has 6 nitrogen and oxygen atoms in total. The monoisotopic (exact) mass is 302 g/mol. The van der Waals surface area contributed by atoms with Crippen molar-refractivity contribution in [2.45, 2.75) is 13.5 Å². The largest absolute Gasteiger partial charge is 0.497 e. The van der Waals surface area contributed by atoms with E-state index in [0.29, 0.717) is 17.2 Å². The van der Waals surface area contributed by atoms with Gasteiger partial charge in [-0.05, 0) is 25.1 Å². The Morgan fingerprint density at radius 1 is 1.18 bits per heavy atom. The lowest BCUT2D eigenvalue weighted by Gasteiger charge is -2.13. The van der Waals surface area contributed by atoms with E-state index in [9.17, 15) is 9.59 Å². The van der Waals surface area contributed by atoms with Crippen LogP contribution in [0.3, 0.4) is 0 Å². The van der Waals surface area contributed by atoms with Crippen LogP contribution in [0.5, 0.6) is 11.5 Å².